The lowest BCUT2D eigenvalue weighted by Crippen LogP contribution is -2.41. The van der Waals surface area contributed by atoms with Gasteiger partial charge in [-0.15, -0.1) is 0 Å². The molecule has 6 rings (SSSR count). The van der Waals surface area contributed by atoms with Crippen LogP contribution in [0.1, 0.15) is 27.7 Å². The lowest BCUT2D eigenvalue weighted by atomic mass is 9.78. The van der Waals surface area contributed by atoms with Gasteiger partial charge in [0.05, 0.1) is 27.8 Å². The van der Waals surface area contributed by atoms with E-state index in [4.69, 9.17) is 9.31 Å². The zero-order valence-corrected chi connectivity index (χ0v) is 23.4. The monoisotopic (exact) mass is 573 g/mol. The first-order chi connectivity index (χ1) is 19.8. The molecule has 1 saturated heterocycles. The second-order valence-corrected chi connectivity index (χ2v) is 11.2. The van der Waals surface area contributed by atoms with Crippen LogP contribution in [0.25, 0.3) is 38.6 Å². The normalized spacial score (nSPS) is 16.3. The third kappa shape index (κ3) is 5.12. The van der Waals surface area contributed by atoms with Crippen LogP contribution in [0.5, 0.6) is 0 Å². The van der Waals surface area contributed by atoms with Gasteiger partial charge in [0.1, 0.15) is 6.54 Å². The molecular formula is C30H27BF3N5O3. The van der Waals surface area contributed by atoms with Gasteiger partial charge in [-0.3, -0.25) is 14.3 Å². The molecule has 1 fully saturated rings. The van der Waals surface area contributed by atoms with Gasteiger partial charge in [0.15, 0.2) is 0 Å². The van der Waals surface area contributed by atoms with Gasteiger partial charge in [0.2, 0.25) is 5.95 Å². The van der Waals surface area contributed by atoms with Gasteiger partial charge in [-0.05, 0) is 63.0 Å². The Morgan fingerprint density at radius 3 is 2.36 bits per heavy atom. The SMILES string of the molecule is CC1(C)OB(c2ccc(-c3c(=O)n(-c4ccc5ncccc5c4)cc4cnc(NCC(F)(F)F)nc34)cc2)OC1(C)C. The average Bonchev–Trinajstić information content (AvgIpc) is 3.17. The standard InChI is InChI=1S/C30H27BF3N5O3/c1-28(2)29(3,4)42-31(41-28)21-9-7-18(8-10-21)24-25-20(15-36-27(38-25)37-17-30(32,33)34)16-39(26(24)40)22-11-12-23-19(14-22)6-5-13-35-23/h5-16H,17H2,1-4H3,(H,37,38). The van der Waals surface area contributed by atoms with Crippen molar-refractivity contribution in [2.24, 2.45) is 0 Å². The van der Waals surface area contributed by atoms with Gasteiger partial charge in [-0.2, -0.15) is 13.2 Å². The Kier molecular flexibility index (Phi) is 6.58. The lowest BCUT2D eigenvalue weighted by Gasteiger charge is -2.32. The summed E-state index contributed by atoms with van der Waals surface area (Å²) < 4.78 is 52.4. The Hall–Kier alpha value is -4.29. The summed E-state index contributed by atoms with van der Waals surface area (Å²) in [5.41, 5.74) is 1.67. The Labute approximate surface area is 239 Å². The fourth-order valence-corrected chi connectivity index (χ4v) is 4.82. The second kappa shape index (κ2) is 9.92. The number of hydrogen-bond acceptors (Lipinski definition) is 7. The molecule has 1 aliphatic rings. The highest BCUT2D eigenvalue weighted by Gasteiger charge is 2.51. The molecule has 0 amide bonds. The number of fused-ring (bicyclic) bond motifs is 2. The zero-order chi connectivity index (χ0) is 29.9. The molecule has 3 aromatic heterocycles. The molecular weight excluding hydrogens is 546 g/mol. The number of alkyl halides is 3. The number of benzene rings is 2. The quantitative estimate of drug-likeness (QED) is 0.287. The summed E-state index contributed by atoms with van der Waals surface area (Å²) in [6, 6.07) is 16.3. The summed E-state index contributed by atoms with van der Waals surface area (Å²) in [4.78, 5) is 26.9. The minimum Gasteiger partial charge on any atom is -0.399 e. The van der Waals surface area contributed by atoms with Crippen LogP contribution in [-0.2, 0) is 9.31 Å². The summed E-state index contributed by atoms with van der Waals surface area (Å²) in [7, 11) is -0.597. The van der Waals surface area contributed by atoms with Crippen LogP contribution in [-0.4, -0.2) is 50.6 Å². The molecule has 42 heavy (non-hydrogen) atoms. The smallest absolute Gasteiger partial charge is 0.399 e. The second-order valence-electron chi connectivity index (χ2n) is 11.2. The number of nitrogens with one attached hydrogen (secondary N) is 1. The maximum Gasteiger partial charge on any atom is 0.494 e. The van der Waals surface area contributed by atoms with E-state index in [0.29, 0.717) is 16.6 Å². The largest absolute Gasteiger partial charge is 0.494 e. The highest BCUT2D eigenvalue weighted by atomic mass is 19.4. The van der Waals surface area contributed by atoms with E-state index in [1.807, 2.05) is 64.1 Å². The van der Waals surface area contributed by atoms with E-state index in [-0.39, 0.29) is 17.0 Å². The van der Waals surface area contributed by atoms with Crippen molar-refractivity contribution in [3.8, 4) is 16.8 Å². The number of halogens is 3. The molecule has 0 unspecified atom stereocenters. The van der Waals surface area contributed by atoms with Gasteiger partial charge >= 0.3 is 13.3 Å². The van der Waals surface area contributed by atoms with E-state index < -0.39 is 36.6 Å². The van der Waals surface area contributed by atoms with Crippen LogP contribution in [0.2, 0.25) is 0 Å². The van der Waals surface area contributed by atoms with Crippen LogP contribution in [0.3, 0.4) is 0 Å². The van der Waals surface area contributed by atoms with E-state index in [1.165, 1.54) is 10.8 Å². The molecule has 214 valence electrons. The maximum absolute atomic E-state index is 14.1. The first kappa shape index (κ1) is 27.9. The Morgan fingerprint density at radius 2 is 1.67 bits per heavy atom. The van der Waals surface area contributed by atoms with Crippen LogP contribution in [0, 0.1) is 0 Å². The zero-order valence-electron chi connectivity index (χ0n) is 23.4. The van der Waals surface area contributed by atoms with Gasteiger partial charge in [0.25, 0.3) is 5.56 Å². The molecule has 0 aliphatic carbocycles. The summed E-state index contributed by atoms with van der Waals surface area (Å²) >= 11 is 0. The summed E-state index contributed by atoms with van der Waals surface area (Å²) in [6.07, 6.45) is 0.225. The van der Waals surface area contributed by atoms with Crippen LogP contribution < -0.4 is 16.3 Å². The van der Waals surface area contributed by atoms with Crippen molar-refractivity contribution in [3.05, 3.63) is 83.5 Å². The molecule has 2 aromatic carbocycles. The fraction of sp³-hybridized carbons (Fsp3) is 0.267. The predicted molar refractivity (Wildman–Crippen MR) is 156 cm³/mol. The number of rotatable bonds is 5. The van der Waals surface area contributed by atoms with E-state index in [0.717, 1.165) is 16.4 Å². The molecule has 0 saturated carbocycles. The van der Waals surface area contributed by atoms with Crippen molar-refractivity contribution in [3.63, 3.8) is 0 Å². The van der Waals surface area contributed by atoms with E-state index in [9.17, 15) is 18.0 Å². The van der Waals surface area contributed by atoms with Crippen molar-refractivity contribution in [1.29, 1.82) is 0 Å². The Bertz CT molecular complexity index is 1860. The minimum atomic E-state index is -4.46. The number of nitrogens with zero attached hydrogens (tertiary/aromatic N) is 4. The Morgan fingerprint density at radius 1 is 0.952 bits per heavy atom. The molecule has 4 heterocycles. The molecule has 0 atom stereocenters. The third-order valence-corrected chi connectivity index (χ3v) is 7.79. The van der Waals surface area contributed by atoms with Crippen molar-refractivity contribution >= 4 is 40.3 Å². The lowest BCUT2D eigenvalue weighted by molar-refractivity contribution is -0.115. The van der Waals surface area contributed by atoms with Crippen molar-refractivity contribution in [2.45, 2.75) is 45.1 Å². The number of aromatic nitrogens is 4. The van der Waals surface area contributed by atoms with Crippen LogP contribution in [0.4, 0.5) is 19.1 Å². The molecule has 0 radical (unpaired) electrons. The fourth-order valence-electron chi connectivity index (χ4n) is 4.82. The van der Waals surface area contributed by atoms with Crippen molar-refractivity contribution < 1.29 is 22.5 Å². The third-order valence-electron chi connectivity index (χ3n) is 7.79. The molecule has 1 N–H and O–H groups in total. The molecule has 5 aromatic rings. The number of pyridine rings is 2. The van der Waals surface area contributed by atoms with Gasteiger partial charge < -0.3 is 14.6 Å². The highest BCUT2D eigenvalue weighted by molar-refractivity contribution is 6.62. The summed E-state index contributed by atoms with van der Waals surface area (Å²) in [5, 5.41) is 3.53. The summed E-state index contributed by atoms with van der Waals surface area (Å²) in [6.45, 7) is 6.55. The molecule has 12 heteroatoms. The first-order valence-electron chi connectivity index (χ1n) is 13.4. The molecule has 1 aliphatic heterocycles. The van der Waals surface area contributed by atoms with Gasteiger partial charge in [0, 0.05) is 35.1 Å². The van der Waals surface area contributed by atoms with Gasteiger partial charge in [-0.1, -0.05) is 30.3 Å². The molecule has 0 spiro atoms. The topological polar surface area (TPSA) is 91.2 Å². The molecule has 8 nitrogen and oxygen atoms in total. The minimum absolute atomic E-state index is 0.219. The van der Waals surface area contributed by atoms with Crippen molar-refractivity contribution in [1.82, 2.24) is 19.5 Å². The number of anilines is 1. The van der Waals surface area contributed by atoms with Crippen LogP contribution in [0.15, 0.2) is 78.0 Å². The Balaban J connectivity index is 1.48. The van der Waals surface area contributed by atoms with Crippen LogP contribution >= 0.6 is 0 Å². The highest BCUT2D eigenvalue weighted by Crippen LogP contribution is 2.36. The average molecular weight is 573 g/mol. The van der Waals surface area contributed by atoms with E-state index in [1.54, 1.807) is 30.6 Å². The van der Waals surface area contributed by atoms with Crippen molar-refractivity contribution in [2.75, 3.05) is 11.9 Å². The first-order valence-corrected chi connectivity index (χ1v) is 13.4. The number of hydrogen-bond donors (Lipinski definition) is 1. The van der Waals surface area contributed by atoms with E-state index >= 15 is 0 Å². The predicted octanol–water partition coefficient (Wildman–Crippen LogP) is 5.27. The molecule has 0 bridgehead atoms. The summed E-state index contributed by atoms with van der Waals surface area (Å²) in [5.74, 6) is -0.233. The maximum atomic E-state index is 14.1. The van der Waals surface area contributed by atoms with Gasteiger partial charge in [-0.25, -0.2) is 9.97 Å². The van der Waals surface area contributed by atoms with E-state index in [2.05, 4.69) is 20.3 Å².